The van der Waals surface area contributed by atoms with Crippen LogP contribution in [0.25, 0.3) is 11.1 Å². The van der Waals surface area contributed by atoms with Crippen molar-refractivity contribution in [3.8, 4) is 11.1 Å². The number of likely N-dealkylation sites (N-methyl/N-ethyl adjacent to an activating group) is 1. The topological polar surface area (TPSA) is 62.3 Å². The zero-order chi connectivity index (χ0) is 21.5. The van der Waals surface area contributed by atoms with Crippen LogP contribution in [0.1, 0.15) is 51.0 Å². The van der Waals surface area contributed by atoms with Gasteiger partial charge in [0.15, 0.2) is 0 Å². The Kier molecular flexibility index (Phi) is 5.07. The second-order valence-electron chi connectivity index (χ2n) is 9.53. The lowest BCUT2D eigenvalue weighted by atomic mass is 9.79. The predicted molar refractivity (Wildman–Crippen MR) is 120 cm³/mol. The van der Waals surface area contributed by atoms with Gasteiger partial charge in [-0.1, -0.05) is 30.7 Å². The van der Waals surface area contributed by atoms with Crippen LogP contribution in [-0.2, 0) is 16.0 Å². The zero-order valence-electron chi connectivity index (χ0n) is 18.3. The van der Waals surface area contributed by atoms with E-state index >= 15 is 0 Å². The van der Waals surface area contributed by atoms with Crippen LogP contribution < -0.4 is 5.32 Å². The number of carbonyl (C=O) groups is 2. The molecule has 1 aliphatic heterocycles. The number of amides is 2. The SMILES string of the molecule is CCNC(=O)C1(Cc2ccccc2-c2ccncc2)CCCN1C(=O)C1CC12CCC2. The first-order valence-electron chi connectivity index (χ1n) is 11.7. The van der Waals surface area contributed by atoms with E-state index in [1.54, 1.807) is 12.4 Å². The third-order valence-corrected chi connectivity index (χ3v) is 7.84. The van der Waals surface area contributed by atoms with E-state index in [2.05, 4.69) is 22.4 Å². The lowest BCUT2D eigenvalue weighted by Gasteiger charge is -2.39. The van der Waals surface area contributed by atoms with Gasteiger partial charge >= 0.3 is 0 Å². The van der Waals surface area contributed by atoms with Crippen LogP contribution in [0.2, 0.25) is 0 Å². The first-order chi connectivity index (χ1) is 15.1. The molecule has 1 aromatic heterocycles. The average Bonchev–Trinajstić information content (AvgIpc) is 3.42. The minimum atomic E-state index is -0.802. The first kappa shape index (κ1) is 20.2. The highest BCUT2D eigenvalue weighted by Gasteiger charge is 2.64. The number of rotatable bonds is 6. The summed E-state index contributed by atoms with van der Waals surface area (Å²) < 4.78 is 0. The van der Waals surface area contributed by atoms with Gasteiger partial charge in [-0.25, -0.2) is 0 Å². The molecule has 3 fully saturated rings. The van der Waals surface area contributed by atoms with Crippen molar-refractivity contribution in [2.24, 2.45) is 11.3 Å². The molecule has 1 aromatic carbocycles. The van der Waals surface area contributed by atoms with Gasteiger partial charge in [-0.15, -0.1) is 0 Å². The van der Waals surface area contributed by atoms with Crippen molar-refractivity contribution in [2.75, 3.05) is 13.1 Å². The third kappa shape index (κ3) is 3.35. The smallest absolute Gasteiger partial charge is 0.246 e. The molecule has 2 unspecified atom stereocenters. The molecule has 0 radical (unpaired) electrons. The predicted octanol–water partition coefficient (Wildman–Crippen LogP) is 3.98. The maximum Gasteiger partial charge on any atom is 0.246 e. The molecule has 2 aliphatic carbocycles. The van der Waals surface area contributed by atoms with Crippen molar-refractivity contribution in [1.82, 2.24) is 15.2 Å². The maximum absolute atomic E-state index is 13.6. The Morgan fingerprint density at radius 1 is 1.10 bits per heavy atom. The lowest BCUT2D eigenvalue weighted by molar-refractivity contribution is -0.147. The quantitative estimate of drug-likeness (QED) is 0.773. The minimum absolute atomic E-state index is 0.00584. The Labute approximate surface area is 184 Å². The summed E-state index contributed by atoms with van der Waals surface area (Å²) >= 11 is 0. The van der Waals surface area contributed by atoms with Gasteiger partial charge in [0, 0.05) is 37.8 Å². The first-order valence-corrected chi connectivity index (χ1v) is 11.7. The van der Waals surface area contributed by atoms with E-state index in [-0.39, 0.29) is 23.1 Å². The Balaban J connectivity index is 1.50. The van der Waals surface area contributed by atoms with E-state index in [9.17, 15) is 9.59 Å². The minimum Gasteiger partial charge on any atom is -0.354 e. The summed E-state index contributed by atoms with van der Waals surface area (Å²) in [5.41, 5.74) is 2.76. The van der Waals surface area contributed by atoms with Crippen LogP contribution >= 0.6 is 0 Å². The molecule has 5 heteroatoms. The molecule has 3 aliphatic rings. The summed E-state index contributed by atoms with van der Waals surface area (Å²) in [4.78, 5) is 33.2. The molecule has 2 heterocycles. The lowest BCUT2D eigenvalue weighted by Crippen LogP contribution is -2.59. The zero-order valence-corrected chi connectivity index (χ0v) is 18.3. The van der Waals surface area contributed by atoms with Gasteiger partial charge in [0.05, 0.1) is 0 Å². The molecule has 162 valence electrons. The summed E-state index contributed by atoms with van der Waals surface area (Å²) in [5.74, 6) is 0.335. The monoisotopic (exact) mass is 417 g/mol. The van der Waals surface area contributed by atoms with E-state index in [0.717, 1.165) is 36.0 Å². The molecule has 1 N–H and O–H groups in total. The molecular weight excluding hydrogens is 386 g/mol. The van der Waals surface area contributed by atoms with Gasteiger partial charge in [0.25, 0.3) is 0 Å². The Bertz CT molecular complexity index is 985. The van der Waals surface area contributed by atoms with Crippen LogP contribution in [0.3, 0.4) is 0 Å². The van der Waals surface area contributed by atoms with Crippen LogP contribution in [-0.4, -0.2) is 40.3 Å². The van der Waals surface area contributed by atoms with Crippen LogP contribution in [0, 0.1) is 11.3 Å². The number of hydrogen-bond donors (Lipinski definition) is 1. The normalized spacial score (nSPS) is 25.8. The van der Waals surface area contributed by atoms with E-state index in [1.807, 2.05) is 36.1 Å². The summed E-state index contributed by atoms with van der Waals surface area (Å²) in [6.07, 6.45) is 10.3. The fourth-order valence-corrected chi connectivity index (χ4v) is 5.90. The highest BCUT2D eigenvalue weighted by atomic mass is 16.2. The summed E-state index contributed by atoms with van der Waals surface area (Å²) in [5, 5.41) is 3.06. The molecule has 2 amide bonds. The fraction of sp³-hybridized carbons (Fsp3) is 0.500. The van der Waals surface area contributed by atoms with Crippen LogP contribution in [0.4, 0.5) is 0 Å². The van der Waals surface area contributed by atoms with Gasteiger partial charge in [-0.05, 0) is 73.3 Å². The number of hydrogen-bond acceptors (Lipinski definition) is 3. The van der Waals surface area contributed by atoms with Gasteiger partial charge in [-0.2, -0.15) is 0 Å². The number of nitrogens with zero attached hydrogens (tertiary/aromatic N) is 2. The molecule has 0 bridgehead atoms. The van der Waals surface area contributed by atoms with Crippen molar-refractivity contribution >= 4 is 11.8 Å². The van der Waals surface area contributed by atoms with E-state index < -0.39 is 5.54 Å². The summed E-state index contributed by atoms with van der Waals surface area (Å²) in [7, 11) is 0. The highest BCUT2D eigenvalue weighted by molar-refractivity contribution is 5.94. The molecule has 5 nitrogen and oxygen atoms in total. The van der Waals surface area contributed by atoms with Crippen molar-refractivity contribution < 1.29 is 9.59 Å². The Hall–Kier alpha value is -2.69. The van der Waals surface area contributed by atoms with E-state index in [0.29, 0.717) is 19.5 Å². The molecule has 1 spiro atoms. The number of likely N-dealkylation sites (tertiary alicyclic amines) is 1. The Morgan fingerprint density at radius 3 is 2.55 bits per heavy atom. The molecule has 2 saturated carbocycles. The van der Waals surface area contributed by atoms with E-state index in [4.69, 9.17) is 0 Å². The van der Waals surface area contributed by atoms with Crippen LogP contribution in [0.15, 0.2) is 48.8 Å². The van der Waals surface area contributed by atoms with Gasteiger partial charge in [0.1, 0.15) is 5.54 Å². The molecule has 1 saturated heterocycles. The second kappa shape index (κ2) is 7.77. The summed E-state index contributed by atoms with van der Waals surface area (Å²) in [6.45, 7) is 3.20. The number of nitrogens with one attached hydrogen (secondary N) is 1. The maximum atomic E-state index is 13.6. The molecular formula is C26H31N3O2. The number of carbonyl (C=O) groups excluding carboxylic acids is 2. The van der Waals surface area contributed by atoms with Crippen molar-refractivity contribution in [1.29, 1.82) is 0 Å². The largest absolute Gasteiger partial charge is 0.354 e. The van der Waals surface area contributed by atoms with Crippen LogP contribution in [0.5, 0.6) is 0 Å². The number of pyridine rings is 1. The number of aromatic nitrogens is 1. The van der Waals surface area contributed by atoms with Gasteiger partial charge < -0.3 is 10.2 Å². The second-order valence-corrected chi connectivity index (χ2v) is 9.53. The third-order valence-electron chi connectivity index (χ3n) is 7.84. The highest BCUT2D eigenvalue weighted by Crippen LogP contribution is 2.66. The van der Waals surface area contributed by atoms with Gasteiger partial charge in [0.2, 0.25) is 11.8 Å². The average molecular weight is 418 g/mol. The van der Waals surface area contributed by atoms with Crippen molar-refractivity contribution in [3.05, 3.63) is 54.4 Å². The van der Waals surface area contributed by atoms with Crippen molar-refractivity contribution in [2.45, 2.75) is 57.4 Å². The van der Waals surface area contributed by atoms with E-state index in [1.165, 1.54) is 19.3 Å². The van der Waals surface area contributed by atoms with Gasteiger partial charge in [-0.3, -0.25) is 14.6 Å². The molecule has 5 rings (SSSR count). The van der Waals surface area contributed by atoms with Crippen molar-refractivity contribution in [3.63, 3.8) is 0 Å². The number of benzene rings is 1. The standard InChI is InChI=1S/C26H31N3O2/c1-2-28-24(31)26(13-6-16-29(26)23(30)22-18-25(22)11-5-12-25)17-20-7-3-4-8-21(20)19-9-14-27-15-10-19/h3-4,7-10,14-15,22H,2,5-6,11-13,16-18H2,1H3,(H,28,31). The summed E-state index contributed by atoms with van der Waals surface area (Å²) in [6, 6.07) is 12.3. The fourth-order valence-electron chi connectivity index (χ4n) is 5.90. The molecule has 2 aromatic rings. The molecule has 2 atom stereocenters. The Morgan fingerprint density at radius 2 is 1.87 bits per heavy atom. The molecule has 31 heavy (non-hydrogen) atoms.